The molecule has 2 rings (SSSR count). The van der Waals surface area contributed by atoms with Gasteiger partial charge in [0, 0.05) is 38.4 Å². The minimum absolute atomic E-state index is 0.148. The number of aromatic nitrogens is 1. The zero-order valence-corrected chi connectivity index (χ0v) is 25.2. The highest BCUT2D eigenvalue weighted by molar-refractivity contribution is 5.82. The van der Waals surface area contributed by atoms with Crippen molar-refractivity contribution in [2.45, 2.75) is 92.2 Å². The molecule has 9 nitrogen and oxygen atoms in total. The monoisotopic (exact) mass is 547 g/mol. The van der Waals surface area contributed by atoms with Gasteiger partial charge in [0.15, 0.2) is 0 Å². The van der Waals surface area contributed by atoms with Crippen molar-refractivity contribution < 1.29 is 19.4 Å². The number of carboxylic acids is 1. The minimum Gasteiger partial charge on any atom is -0.480 e. The molecule has 9 heteroatoms. The molecule has 0 bridgehead atoms. The fraction of sp³-hybridized carbons (Fsp3) is 0.767. The van der Waals surface area contributed by atoms with Gasteiger partial charge >= 0.3 is 12.0 Å². The normalized spacial score (nSPS) is 14.0. The van der Waals surface area contributed by atoms with Crippen molar-refractivity contribution in [3.8, 4) is 0 Å². The molecule has 0 aromatic carbocycles. The van der Waals surface area contributed by atoms with E-state index in [1.165, 1.54) is 5.56 Å². The molecule has 0 saturated heterocycles. The van der Waals surface area contributed by atoms with Crippen molar-refractivity contribution >= 4 is 17.8 Å². The second-order valence-electron chi connectivity index (χ2n) is 11.9. The van der Waals surface area contributed by atoms with Gasteiger partial charge in [0.2, 0.25) is 0 Å². The number of hydrogen-bond donors (Lipinski definition) is 3. The van der Waals surface area contributed by atoms with Gasteiger partial charge < -0.3 is 30.3 Å². The molecule has 1 unspecified atom stereocenters. The molecule has 0 aliphatic carbocycles. The van der Waals surface area contributed by atoms with Gasteiger partial charge in [-0.05, 0) is 82.4 Å². The highest BCUT2D eigenvalue weighted by Gasteiger charge is 2.25. The van der Waals surface area contributed by atoms with Crippen LogP contribution in [0.1, 0.15) is 78.5 Å². The number of amides is 2. The summed E-state index contributed by atoms with van der Waals surface area (Å²) in [5.41, 5.74) is 2.41. The number of nitrogens with zero attached hydrogens (tertiary/aromatic N) is 3. The van der Waals surface area contributed by atoms with Gasteiger partial charge in [-0.15, -0.1) is 0 Å². The summed E-state index contributed by atoms with van der Waals surface area (Å²) in [4.78, 5) is 33.8. The van der Waals surface area contributed by atoms with Gasteiger partial charge in [0.25, 0.3) is 0 Å². The number of anilines is 1. The number of fused-ring (bicyclic) bond motifs is 1. The van der Waals surface area contributed by atoms with E-state index in [1.54, 1.807) is 4.90 Å². The fourth-order valence-corrected chi connectivity index (χ4v) is 4.83. The Balaban J connectivity index is 1.90. The molecule has 1 aromatic rings. The van der Waals surface area contributed by atoms with Crippen LogP contribution in [0.5, 0.6) is 0 Å². The van der Waals surface area contributed by atoms with Crippen molar-refractivity contribution in [2.24, 2.45) is 11.8 Å². The van der Waals surface area contributed by atoms with Crippen LogP contribution in [-0.4, -0.2) is 89.9 Å². The van der Waals surface area contributed by atoms with Crippen molar-refractivity contribution in [1.82, 2.24) is 20.1 Å². The van der Waals surface area contributed by atoms with Gasteiger partial charge in [0.05, 0.1) is 12.7 Å². The summed E-state index contributed by atoms with van der Waals surface area (Å²) in [6.45, 7) is 17.2. The number of nitrogens with one attached hydrogen (secondary N) is 2. The summed E-state index contributed by atoms with van der Waals surface area (Å²) in [7, 11) is 0. The molecule has 1 aliphatic rings. The maximum absolute atomic E-state index is 13.0. The maximum Gasteiger partial charge on any atom is 0.326 e. The molecular formula is C30H53N5O4. The molecule has 0 radical (unpaired) electrons. The Kier molecular flexibility index (Phi) is 14.6. The topological polar surface area (TPSA) is 107 Å². The van der Waals surface area contributed by atoms with E-state index in [0.29, 0.717) is 44.5 Å². The summed E-state index contributed by atoms with van der Waals surface area (Å²) in [6, 6.07) is 3.11. The largest absolute Gasteiger partial charge is 0.480 e. The van der Waals surface area contributed by atoms with Crippen LogP contribution in [0, 0.1) is 11.8 Å². The SMILES string of the molecule is CC(C)CN(CC(C)C)C(=O)NC(CCN(CCCCc1ccc2c(n1)NCCC2)CCOC(C)C)C(=O)O. The third-order valence-corrected chi connectivity index (χ3v) is 6.76. The molecule has 2 heterocycles. The Morgan fingerprint density at radius 2 is 1.77 bits per heavy atom. The summed E-state index contributed by atoms with van der Waals surface area (Å²) in [5.74, 6) is 0.653. The first-order valence-corrected chi connectivity index (χ1v) is 14.9. The number of aryl methyl sites for hydroxylation is 2. The lowest BCUT2D eigenvalue weighted by molar-refractivity contribution is -0.139. The second kappa shape index (κ2) is 17.3. The van der Waals surface area contributed by atoms with E-state index in [4.69, 9.17) is 9.72 Å². The second-order valence-corrected chi connectivity index (χ2v) is 11.9. The molecule has 2 amide bonds. The number of urea groups is 1. The van der Waals surface area contributed by atoms with Gasteiger partial charge in [-0.1, -0.05) is 33.8 Å². The number of carbonyl (C=O) groups is 2. The lowest BCUT2D eigenvalue weighted by atomic mass is 10.1. The van der Waals surface area contributed by atoms with E-state index in [1.807, 2.05) is 13.8 Å². The minimum atomic E-state index is -0.997. The van der Waals surface area contributed by atoms with E-state index in [9.17, 15) is 14.7 Å². The number of carbonyl (C=O) groups excluding carboxylic acids is 1. The van der Waals surface area contributed by atoms with E-state index in [0.717, 1.165) is 63.3 Å². The number of ether oxygens (including phenoxy) is 1. The van der Waals surface area contributed by atoms with Gasteiger partial charge in [-0.3, -0.25) is 0 Å². The smallest absolute Gasteiger partial charge is 0.326 e. The van der Waals surface area contributed by atoms with Gasteiger partial charge in [0.1, 0.15) is 11.9 Å². The first kappa shape index (κ1) is 32.8. The van der Waals surface area contributed by atoms with Crippen LogP contribution in [0.2, 0.25) is 0 Å². The summed E-state index contributed by atoms with van der Waals surface area (Å²) < 4.78 is 5.77. The number of aliphatic carboxylic acids is 1. The Morgan fingerprint density at radius 3 is 2.41 bits per heavy atom. The highest BCUT2D eigenvalue weighted by atomic mass is 16.5. The molecule has 222 valence electrons. The number of hydrogen-bond acceptors (Lipinski definition) is 6. The number of unbranched alkanes of at least 4 members (excludes halogenated alkanes) is 1. The average molecular weight is 548 g/mol. The molecule has 1 aromatic heterocycles. The predicted octanol–water partition coefficient (Wildman–Crippen LogP) is 4.66. The van der Waals surface area contributed by atoms with E-state index >= 15 is 0 Å². The van der Waals surface area contributed by atoms with Crippen molar-refractivity contribution in [3.63, 3.8) is 0 Å². The fourth-order valence-electron chi connectivity index (χ4n) is 4.83. The van der Waals surface area contributed by atoms with Crippen LogP contribution >= 0.6 is 0 Å². The lowest BCUT2D eigenvalue weighted by Crippen LogP contribution is -2.50. The van der Waals surface area contributed by atoms with Crippen LogP contribution in [0.4, 0.5) is 10.6 Å². The molecule has 1 aliphatic heterocycles. The summed E-state index contributed by atoms with van der Waals surface area (Å²) >= 11 is 0. The Labute approximate surface area is 236 Å². The standard InChI is InChI=1S/C30H53N5O4/c1-22(2)20-35(21-23(3)4)30(38)33-27(29(36)37)14-17-34(18-19-39-24(5)6)16-8-7-11-26-13-12-25-10-9-15-31-28(25)32-26/h12-13,22-24,27H,7-11,14-21H2,1-6H3,(H,31,32)(H,33,38)(H,36,37). The van der Waals surface area contributed by atoms with Crippen LogP contribution in [0.15, 0.2) is 12.1 Å². The Morgan fingerprint density at radius 1 is 1.05 bits per heavy atom. The van der Waals surface area contributed by atoms with Crippen LogP contribution < -0.4 is 10.6 Å². The molecule has 3 N–H and O–H groups in total. The highest BCUT2D eigenvalue weighted by Crippen LogP contribution is 2.20. The number of pyridine rings is 1. The predicted molar refractivity (Wildman–Crippen MR) is 157 cm³/mol. The van der Waals surface area contributed by atoms with E-state index in [2.05, 4.69) is 55.4 Å². The molecule has 1 atom stereocenters. The number of rotatable bonds is 18. The molecular weight excluding hydrogens is 494 g/mol. The van der Waals surface area contributed by atoms with Gasteiger partial charge in [-0.2, -0.15) is 0 Å². The maximum atomic E-state index is 13.0. The van der Waals surface area contributed by atoms with Crippen LogP contribution in [0.3, 0.4) is 0 Å². The van der Waals surface area contributed by atoms with Crippen molar-refractivity contribution in [1.29, 1.82) is 0 Å². The molecule has 39 heavy (non-hydrogen) atoms. The average Bonchev–Trinajstić information content (AvgIpc) is 2.86. The van der Waals surface area contributed by atoms with Crippen molar-refractivity contribution in [2.75, 3.05) is 51.2 Å². The zero-order chi connectivity index (χ0) is 28.8. The summed E-state index contributed by atoms with van der Waals surface area (Å²) in [6.07, 6.45) is 5.65. The third-order valence-electron chi connectivity index (χ3n) is 6.76. The van der Waals surface area contributed by atoms with E-state index < -0.39 is 12.0 Å². The Hall–Kier alpha value is -2.39. The summed E-state index contributed by atoms with van der Waals surface area (Å²) in [5, 5.41) is 16.1. The first-order chi connectivity index (χ1) is 18.5. The van der Waals surface area contributed by atoms with E-state index in [-0.39, 0.29) is 12.1 Å². The van der Waals surface area contributed by atoms with Gasteiger partial charge in [-0.25, -0.2) is 14.6 Å². The zero-order valence-electron chi connectivity index (χ0n) is 25.2. The van der Waals surface area contributed by atoms with Crippen molar-refractivity contribution in [3.05, 3.63) is 23.4 Å². The number of carboxylic acid groups (broad SMARTS) is 1. The first-order valence-electron chi connectivity index (χ1n) is 14.9. The quantitative estimate of drug-likeness (QED) is 0.230. The van der Waals surface area contributed by atoms with Crippen LogP contribution in [0.25, 0.3) is 0 Å². The third kappa shape index (κ3) is 13.0. The molecule has 0 saturated carbocycles. The lowest BCUT2D eigenvalue weighted by Gasteiger charge is -2.29. The van der Waals surface area contributed by atoms with Crippen LogP contribution in [-0.2, 0) is 22.4 Å². The molecule has 0 spiro atoms. The Bertz CT molecular complexity index is 867. The molecule has 0 fully saturated rings.